The molecule has 0 aliphatic rings. The Morgan fingerprint density at radius 2 is 0.963 bits per heavy atom. The molecule has 0 fully saturated rings. The van der Waals surface area contributed by atoms with Crippen molar-refractivity contribution in [3.63, 3.8) is 0 Å². The summed E-state index contributed by atoms with van der Waals surface area (Å²) in [5, 5.41) is 0. The molecule has 0 rings (SSSR count). The minimum absolute atomic E-state index is 0.0489. The van der Waals surface area contributed by atoms with E-state index in [2.05, 4.69) is 50.3 Å². The number of allylic oxidation sites excluding steroid dienone is 6. The minimum atomic E-state index is -4.38. The first-order valence-corrected chi connectivity index (χ1v) is 23.5. The zero-order valence-electron chi connectivity index (χ0n) is 34.7. The number of nitrogens with two attached hydrogens (primary N) is 1. The van der Waals surface area contributed by atoms with Crippen LogP contribution in [0, 0.1) is 0 Å². The molecule has 1 unspecified atom stereocenters. The third kappa shape index (κ3) is 39.9. The number of hydrogen-bond donors (Lipinski definition) is 2. The van der Waals surface area contributed by atoms with Gasteiger partial charge in [0.1, 0.15) is 6.61 Å². The van der Waals surface area contributed by atoms with Gasteiger partial charge in [-0.2, -0.15) is 0 Å². The highest BCUT2D eigenvalue weighted by atomic mass is 31.2. The van der Waals surface area contributed by atoms with Crippen molar-refractivity contribution < 1.29 is 37.6 Å². The van der Waals surface area contributed by atoms with Gasteiger partial charge in [0.05, 0.1) is 13.2 Å². The molecule has 0 aliphatic heterocycles. The molecule has 54 heavy (non-hydrogen) atoms. The molecule has 0 aromatic carbocycles. The number of unbranched alkanes of at least 4 members (excludes halogenated alkanes) is 22. The van der Waals surface area contributed by atoms with Gasteiger partial charge in [-0.3, -0.25) is 18.6 Å². The average molecular weight is 784 g/mol. The molecule has 0 saturated carbocycles. The topological polar surface area (TPSA) is 134 Å². The number of carbonyl (C=O) groups is 2. The molecule has 0 saturated heterocycles. The quantitative estimate of drug-likeness (QED) is 0.0269. The normalized spacial score (nSPS) is 13.6. The molecule has 3 N–H and O–H groups in total. The second kappa shape index (κ2) is 40.9. The molecule has 0 spiro atoms. The maximum absolute atomic E-state index is 12.6. The zero-order valence-corrected chi connectivity index (χ0v) is 35.6. The van der Waals surface area contributed by atoms with Crippen LogP contribution in [0.15, 0.2) is 36.5 Å². The van der Waals surface area contributed by atoms with Crippen molar-refractivity contribution in [1.29, 1.82) is 0 Å². The Balaban J connectivity index is 4.17. The third-order valence-corrected chi connectivity index (χ3v) is 10.3. The smallest absolute Gasteiger partial charge is 0.462 e. The van der Waals surface area contributed by atoms with Gasteiger partial charge in [-0.25, -0.2) is 4.57 Å². The number of ether oxygens (including phenoxy) is 2. The van der Waals surface area contributed by atoms with Gasteiger partial charge in [0.2, 0.25) is 0 Å². The van der Waals surface area contributed by atoms with Crippen LogP contribution >= 0.6 is 7.82 Å². The molecule has 0 aromatic rings. The highest BCUT2D eigenvalue weighted by molar-refractivity contribution is 7.47. The van der Waals surface area contributed by atoms with Crippen molar-refractivity contribution in [2.75, 3.05) is 26.4 Å². The van der Waals surface area contributed by atoms with Crippen LogP contribution in [-0.2, 0) is 32.7 Å². The van der Waals surface area contributed by atoms with Crippen LogP contribution in [0.3, 0.4) is 0 Å². The van der Waals surface area contributed by atoms with Crippen molar-refractivity contribution in [3.8, 4) is 0 Å². The Hall–Kier alpha value is -1.77. The van der Waals surface area contributed by atoms with Gasteiger partial charge >= 0.3 is 19.8 Å². The molecule has 316 valence electrons. The second-order valence-corrected chi connectivity index (χ2v) is 16.0. The van der Waals surface area contributed by atoms with E-state index in [-0.39, 0.29) is 32.6 Å². The van der Waals surface area contributed by atoms with Gasteiger partial charge in [0.15, 0.2) is 6.10 Å². The predicted octanol–water partition coefficient (Wildman–Crippen LogP) is 12.6. The fourth-order valence-corrected chi connectivity index (χ4v) is 6.76. The van der Waals surface area contributed by atoms with Crippen LogP contribution in [-0.4, -0.2) is 49.3 Å². The van der Waals surface area contributed by atoms with E-state index in [9.17, 15) is 19.0 Å². The summed E-state index contributed by atoms with van der Waals surface area (Å²) in [6, 6.07) is 0. The third-order valence-electron chi connectivity index (χ3n) is 9.28. The van der Waals surface area contributed by atoms with Crippen molar-refractivity contribution in [2.45, 2.75) is 206 Å². The molecule has 10 heteroatoms. The fraction of sp³-hybridized carbons (Fsp3) is 0.818. The Kier molecular flexibility index (Phi) is 39.5. The van der Waals surface area contributed by atoms with E-state index in [1.54, 1.807) is 0 Å². The minimum Gasteiger partial charge on any atom is -0.462 e. The SMILES string of the molecule is CCCCC/C=C\C/C=C\C/C=C\CCCCC(=O)OC[C@H](COP(=O)(O)OCCN)OC(=O)CCCCCCCCCCCCCCCCCCCC. The fourth-order valence-electron chi connectivity index (χ4n) is 5.99. The predicted molar refractivity (Wildman–Crippen MR) is 224 cm³/mol. The van der Waals surface area contributed by atoms with Gasteiger partial charge in [0.25, 0.3) is 0 Å². The first-order chi connectivity index (χ1) is 26.3. The van der Waals surface area contributed by atoms with Gasteiger partial charge in [0, 0.05) is 19.4 Å². The van der Waals surface area contributed by atoms with Crippen LogP contribution in [0.4, 0.5) is 0 Å². The van der Waals surface area contributed by atoms with E-state index in [4.69, 9.17) is 24.3 Å². The molecule has 0 heterocycles. The van der Waals surface area contributed by atoms with Crippen LogP contribution in [0.2, 0.25) is 0 Å². The highest BCUT2D eigenvalue weighted by Crippen LogP contribution is 2.43. The summed E-state index contributed by atoms with van der Waals surface area (Å²) >= 11 is 0. The number of phosphoric acid groups is 1. The summed E-state index contributed by atoms with van der Waals surface area (Å²) in [5.74, 6) is -0.868. The van der Waals surface area contributed by atoms with Crippen LogP contribution < -0.4 is 5.73 Å². The Morgan fingerprint density at radius 3 is 1.46 bits per heavy atom. The summed E-state index contributed by atoms with van der Waals surface area (Å²) < 4.78 is 32.7. The zero-order chi connectivity index (χ0) is 39.6. The average Bonchev–Trinajstić information content (AvgIpc) is 3.16. The molecule has 0 bridgehead atoms. The molecule has 0 amide bonds. The standard InChI is InChI=1S/C44H82NO8P/c1-3-5-7-9-11-13-15-17-19-20-21-23-25-27-29-31-33-35-37-44(47)53-42(41-52-54(48,49)51-39-38-45)40-50-43(46)36-34-32-30-28-26-24-22-18-16-14-12-10-8-6-4-2/h12,14,18,22,26,28,42H,3-11,13,15-17,19-21,23-25,27,29-41,45H2,1-2H3,(H,48,49)/b14-12-,22-18-,28-26-/t42-/m1/s1. The Bertz CT molecular complexity index is 986. The van der Waals surface area contributed by atoms with Crippen LogP contribution in [0.25, 0.3) is 0 Å². The van der Waals surface area contributed by atoms with Gasteiger partial charge < -0.3 is 20.1 Å². The summed E-state index contributed by atoms with van der Waals surface area (Å²) in [5.41, 5.74) is 5.34. The lowest BCUT2D eigenvalue weighted by atomic mass is 10.0. The van der Waals surface area contributed by atoms with Crippen molar-refractivity contribution >= 4 is 19.8 Å². The van der Waals surface area contributed by atoms with Crippen LogP contribution in [0.1, 0.15) is 200 Å². The molecule has 0 radical (unpaired) electrons. The lowest BCUT2D eigenvalue weighted by molar-refractivity contribution is -0.161. The first kappa shape index (κ1) is 52.2. The number of esters is 2. The number of carbonyl (C=O) groups excluding carboxylic acids is 2. The lowest BCUT2D eigenvalue weighted by Crippen LogP contribution is -2.29. The largest absolute Gasteiger partial charge is 0.472 e. The monoisotopic (exact) mass is 784 g/mol. The van der Waals surface area contributed by atoms with E-state index in [1.165, 1.54) is 116 Å². The highest BCUT2D eigenvalue weighted by Gasteiger charge is 2.26. The number of hydrogen-bond acceptors (Lipinski definition) is 8. The van der Waals surface area contributed by atoms with Crippen molar-refractivity contribution in [1.82, 2.24) is 0 Å². The van der Waals surface area contributed by atoms with E-state index in [0.29, 0.717) is 12.8 Å². The van der Waals surface area contributed by atoms with Gasteiger partial charge in [-0.1, -0.05) is 172 Å². The maximum atomic E-state index is 12.6. The molecular weight excluding hydrogens is 701 g/mol. The molecule has 0 aliphatic carbocycles. The van der Waals surface area contributed by atoms with Crippen molar-refractivity contribution in [3.05, 3.63) is 36.5 Å². The summed E-state index contributed by atoms with van der Waals surface area (Å²) in [7, 11) is -4.38. The lowest BCUT2D eigenvalue weighted by Gasteiger charge is -2.19. The molecular formula is C44H82NO8P. The van der Waals surface area contributed by atoms with E-state index in [0.717, 1.165) is 44.9 Å². The molecule has 2 atom stereocenters. The molecule has 9 nitrogen and oxygen atoms in total. The summed E-state index contributed by atoms with van der Waals surface area (Å²) in [6.07, 6.45) is 44.6. The Labute approximate surface area is 331 Å². The number of phosphoric ester groups is 1. The summed E-state index contributed by atoms with van der Waals surface area (Å²) in [6.45, 7) is 3.68. The number of rotatable bonds is 41. The van der Waals surface area contributed by atoms with E-state index >= 15 is 0 Å². The maximum Gasteiger partial charge on any atom is 0.472 e. The van der Waals surface area contributed by atoms with E-state index in [1.807, 2.05) is 0 Å². The van der Waals surface area contributed by atoms with Crippen molar-refractivity contribution in [2.24, 2.45) is 5.73 Å². The Morgan fingerprint density at radius 1 is 0.556 bits per heavy atom. The van der Waals surface area contributed by atoms with E-state index < -0.39 is 32.5 Å². The summed E-state index contributed by atoms with van der Waals surface area (Å²) in [4.78, 5) is 34.8. The molecule has 0 aromatic heterocycles. The first-order valence-electron chi connectivity index (χ1n) is 22.0. The van der Waals surface area contributed by atoms with Gasteiger partial charge in [-0.15, -0.1) is 0 Å². The van der Waals surface area contributed by atoms with Crippen LogP contribution in [0.5, 0.6) is 0 Å². The second-order valence-electron chi connectivity index (χ2n) is 14.6. The van der Waals surface area contributed by atoms with Gasteiger partial charge in [-0.05, 0) is 51.4 Å².